The van der Waals surface area contributed by atoms with Crippen molar-refractivity contribution in [3.8, 4) is 11.8 Å². The number of fused-ring (bicyclic) bond motifs is 2. The highest BCUT2D eigenvalue weighted by molar-refractivity contribution is 6.04. The molecule has 10 nitrogen and oxygen atoms in total. The number of piperidine rings is 1. The number of nitrogens with zero attached hydrogens (tertiary/aromatic N) is 5. The fourth-order valence-corrected chi connectivity index (χ4v) is 5.80. The third-order valence-corrected chi connectivity index (χ3v) is 8.05. The van der Waals surface area contributed by atoms with Crippen molar-refractivity contribution >= 4 is 35.0 Å². The van der Waals surface area contributed by atoms with E-state index in [2.05, 4.69) is 27.2 Å². The molecule has 0 aliphatic carbocycles. The number of hydrogen-bond donors (Lipinski definition) is 3. The summed E-state index contributed by atoms with van der Waals surface area (Å²) in [6.07, 6.45) is 5.85. The van der Waals surface area contributed by atoms with Gasteiger partial charge in [-0.05, 0) is 55.7 Å². The van der Waals surface area contributed by atoms with Crippen LogP contribution in [0.3, 0.4) is 0 Å². The van der Waals surface area contributed by atoms with Crippen molar-refractivity contribution in [2.45, 2.75) is 39.0 Å². The Morgan fingerprint density at radius 2 is 1.86 bits per heavy atom. The summed E-state index contributed by atoms with van der Waals surface area (Å²) in [4.78, 5) is 33.1. The number of aliphatic hydroxyl groups is 1. The summed E-state index contributed by atoms with van der Waals surface area (Å²) in [5.41, 5.74) is 10.4. The smallest absolute Gasteiger partial charge is 0.259 e. The number of nitrogen functional groups attached to an aromatic ring is 1. The van der Waals surface area contributed by atoms with E-state index in [4.69, 9.17) is 5.73 Å². The van der Waals surface area contributed by atoms with Crippen molar-refractivity contribution < 1.29 is 14.7 Å². The van der Waals surface area contributed by atoms with Crippen molar-refractivity contribution in [2.75, 3.05) is 23.7 Å². The van der Waals surface area contributed by atoms with Crippen LogP contribution in [0.1, 0.15) is 60.0 Å². The molecule has 1 unspecified atom stereocenters. The minimum Gasteiger partial charge on any atom is -0.381 e. The molecule has 4 N–H and O–H groups in total. The number of anilines is 2. The lowest BCUT2D eigenvalue weighted by Gasteiger charge is -2.39. The molecule has 0 saturated carbocycles. The van der Waals surface area contributed by atoms with Crippen LogP contribution in [-0.2, 0) is 4.79 Å². The Labute approximate surface area is 249 Å². The van der Waals surface area contributed by atoms with Gasteiger partial charge in [0.2, 0.25) is 5.91 Å². The van der Waals surface area contributed by atoms with Gasteiger partial charge >= 0.3 is 0 Å². The highest BCUT2D eigenvalue weighted by atomic mass is 16.3. The zero-order chi connectivity index (χ0) is 30.1. The van der Waals surface area contributed by atoms with Crippen molar-refractivity contribution in [1.82, 2.24) is 24.8 Å². The maximum atomic E-state index is 13.5. The monoisotopic (exact) mass is 575 g/mol. The molecule has 2 aromatic heterocycles. The molecule has 0 radical (unpaired) electrons. The van der Waals surface area contributed by atoms with E-state index in [1.807, 2.05) is 71.3 Å². The first-order chi connectivity index (χ1) is 20.8. The minimum absolute atomic E-state index is 0.0847. The molecule has 2 aliphatic heterocycles. The molecule has 0 spiro atoms. The third-order valence-electron chi connectivity index (χ3n) is 8.05. The molecule has 1 fully saturated rings. The van der Waals surface area contributed by atoms with Crippen LogP contribution in [0.15, 0.2) is 72.7 Å². The summed E-state index contributed by atoms with van der Waals surface area (Å²) >= 11 is 0. The summed E-state index contributed by atoms with van der Waals surface area (Å²) in [5.74, 6) is 6.68. The van der Waals surface area contributed by atoms with Gasteiger partial charge in [-0.2, -0.15) is 0 Å². The van der Waals surface area contributed by atoms with Gasteiger partial charge in [0.1, 0.15) is 5.56 Å². The minimum atomic E-state index is -1.05. The lowest BCUT2D eigenvalue weighted by molar-refractivity contribution is -0.129. The van der Waals surface area contributed by atoms with Crippen LogP contribution < -0.4 is 16.0 Å². The van der Waals surface area contributed by atoms with E-state index >= 15 is 0 Å². The standard InChI is InChI=1S/C33H33N7O3/c1-21(36-32(42)29-30(34)37-39-17-7-16-35-31(29)39)27-20-25-9-6-8-24(13-12-23-14-18-38(19-15-23)22(2)41)28(25)33(43)40(27)26-10-4-3-5-11-26/h3-11,16-17,20-21,23,33,43H,14-15,18-19H2,1-2H3,(H2,34,37)(H,36,42)/t21-,33?/m1/s1. The van der Waals surface area contributed by atoms with Crippen LogP contribution in [0.5, 0.6) is 0 Å². The number of rotatable bonds is 4. The Balaban J connectivity index is 1.34. The third kappa shape index (κ3) is 5.43. The van der Waals surface area contributed by atoms with Crippen LogP contribution in [-0.4, -0.2) is 55.6 Å². The van der Waals surface area contributed by atoms with Gasteiger partial charge in [0.25, 0.3) is 5.91 Å². The summed E-state index contributed by atoms with van der Waals surface area (Å²) in [6.45, 7) is 4.88. The highest BCUT2D eigenvalue weighted by Crippen LogP contribution is 2.39. The van der Waals surface area contributed by atoms with Gasteiger partial charge in [0, 0.05) is 60.8 Å². The number of likely N-dealkylation sites (tertiary alicyclic amines) is 1. The fraction of sp³-hybridized carbons (Fsp3) is 0.273. The van der Waals surface area contributed by atoms with Gasteiger partial charge in [-0.15, -0.1) is 5.10 Å². The van der Waals surface area contributed by atoms with Crippen molar-refractivity contribution in [3.05, 3.63) is 94.9 Å². The number of carbonyl (C=O) groups is 2. The largest absolute Gasteiger partial charge is 0.381 e. The second-order valence-electron chi connectivity index (χ2n) is 10.8. The summed E-state index contributed by atoms with van der Waals surface area (Å²) in [5, 5.41) is 19.2. The Morgan fingerprint density at radius 1 is 1.09 bits per heavy atom. The number of para-hydroxylation sites is 1. The van der Waals surface area contributed by atoms with E-state index in [0.717, 1.165) is 29.7 Å². The molecule has 2 aromatic carbocycles. The molecule has 2 atom stereocenters. The van der Waals surface area contributed by atoms with Gasteiger partial charge in [-0.25, -0.2) is 9.50 Å². The predicted molar refractivity (Wildman–Crippen MR) is 164 cm³/mol. The molecule has 2 amide bonds. The zero-order valence-electron chi connectivity index (χ0n) is 24.1. The Bertz CT molecular complexity index is 1780. The molecular formula is C33H33N7O3. The summed E-state index contributed by atoms with van der Waals surface area (Å²) < 4.78 is 1.47. The molecule has 1 saturated heterocycles. The number of hydrogen-bond acceptors (Lipinski definition) is 7. The predicted octanol–water partition coefficient (Wildman–Crippen LogP) is 3.59. The second kappa shape index (κ2) is 11.6. The summed E-state index contributed by atoms with van der Waals surface area (Å²) in [7, 11) is 0. The van der Waals surface area contributed by atoms with Crippen LogP contribution >= 0.6 is 0 Å². The molecule has 4 aromatic rings. The van der Waals surface area contributed by atoms with Gasteiger partial charge < -0.3 is 26.0 Å². The normalized spacial score (nSPS) is 17.5. The number of benzene rings is 2. The van der Waals surface area contributed by atoms with Gasteiger partial charge in [-0.3, -0.25) is 9.59 Å². The van der Waals surface area contributed by atoms with E-state index in [0.29, 0.717) is 30.0 Å². The number of aliphatic hydroxyl groups excluding tert-OH is 1. The molecule has 218 valence electrons. The number of nitrogens with two attached hydrogens (primary N) is 1. The van der Waals surface area contributed by atoms with Crippen molar-refractivity contribution in [2.24, 2.45) is 5.92 Å². The van der Waals surface area contributed by atoms with E-state index in [9.17, 15) is 14.7 Å². The van der Waals surface area contributed by atoms with E-state index in [1.54, 1.807) is 25.4 Å². The lowest BCUT2D eigenvalue weighted by atomic mass is 9.91. The average molecular weight is 576 g/mol. The number of carbonyl (C=O) groups excluding carboxylic acids is 2. The van der Waals surface area contributed by atoms with E-state index in [1.165, 1.54) is 4.52 Å². The Kier molecular flexibility index (Phi) is 7.57. The van der Waals surface area contributed by atoms with Crippen LogP contribution in [0.25, 0.3) is 11.7 Å². The SMILES string of the molecule is CC(=O)N1CCC(C#Cc2cccc3c2C(O)N(c2ccccc2)C([C@@H](C)NC(=O)c2c(N)nn4cccnc24)=C3)CC1. The van der Waals surface area contributed by atoms with Crippen molar-refractivity contribution in [1.29, 1.82) is 0 Å². The van der Waals surface area contributed by atoms with E-state index in [-0.39, 0.29) is 23.2 Å². The van der Waals surface area contributed by atoms with Crippen molar-refractivity contribution in [3.63, 3.8) is 0 Å². The van der Waals surface area contributed by atoms with Gasteiger partial charge in [0.15, 0.2) is 17.7 Å². The molecular weight excluding hydrogens is 542 g/mol. The first kappa shape index (κ1) is 28.0. The number of aromatic nitrogens is 3. The summed E-state index contributed by atoms with van der Waals surface area (Å²) in [6, 6.07) is 16.5. The van der Waals surface area contributed by atoms with Gasteiger partial charge in [-0.1, -0.05) is 42.2 Å². The Morgan fingerprint density at radius 3 is 2.60 bits per heavy atom. The quantitative estimate of drug-likeness (QED) is 0.317. The van der Waals surface area contributed by atoms with Gasteiger partial charge in [0.05, 0.1) is 6.04 Å². The topological polar surface area (TPSA) is 129 Å². The molecule has 4 heterocycles. The molecule has 2 aliphatic rings. The lowest BCUT2D eigenvalue weighted by Crippen LogP contribution is -2.43. The van der Waals surface area contributed by atoms with Crippen LogP contribution in [0.4, 0.5) is 11.5 Å². The Hall–Kier alpha value is -5.14. The maximum absolute atomic E-state index is 13.5. The number of amides is 2. The average Bonchev–Trinajstić information content (AvgIpc) is 3.36. The number of nitrogens with one attached hydrogen (secondary N) is 1. The molecule has 0 bridgehead atoms. The second-order valence-corrected chi connectivity index (χ2v) is 10.8. The molecule has 43 heavy (non-hydrogen) atoms. The fourth-order valence-electron chi connectivity index (χ4n) is 5.80. The van der Waals surface area contributed by atoms with Crippen LogP contribution in [0.2, 0.25) is 0 Å². The first-order valence-corrected chi connectivity index (χ1v) is 14.4. The van der Waals surface area contributed by atoms with E-state index < -0.39 is 18.2 Å². The molecule has 6 rings (SSSR count). The highest BCUT2D eigenvalue weighted by Gasteiger charge is 2.33. The maximum Gasteiger partial charge on any atom is 0.259 e. The first-order valence-electron chi connectivity index (χ1n) is 14.4. The molecule has 10 heteroatoms. The zero-order valence-corrected chi connectivity index (χ0v) is 24.1. The van der Waals surface area contributed by atoms with Crippen LogP contribution in [0, 0.1) is 17.8 Å².